The molecular formula is C19H26N2. The molecule has 2 aromatic rings. The first-order chi connectivity index (χ1) is 10.2. The summed E-state index contributed by atoms with van der Waals surface area (Å²) >= 11 is 0. The third-order valence-corrected chi connectivity index (χ3v) is 4.81. The van der Waals surface area contributed by atoms with Gasteiger partial charge in [0.15, 0.2) is 0 Å². The molecule has 1 heterocycles. The molecule has 21 heavy (non-hydrogen) atoms. The van der Waals surface area contributed by atoms with Gasteiger partial charge in [-0.1, -0.05) is 51.0 Å². The number of hydrogen-bond acceptors (Lipinski definition) is 2. The molecule has 0 bridgehead atoms. The van der Waals surface area contributed by atoms with Crippen molar-refractivity contribution in [3.63, 3.8) is 0 Å². The van der Waals surface area contributed by atoms with Crippen LogP contribution in [0.2, 0.25) is 0 Å². The van der Waals surface area contributed by atoms with Gasteiger partial charge >= 0.3 is 0 Å². The monoisotopic (exact) mass is 282 g/mol. The minimum atomic E-state index is 0.479. The van der Waals surface area contributed by atoms with Crippen molar-refractivity contribution in [3.8, 4) is 0 Å². The van der Waals surface area contributed by atoms with E-state index >= 15 is 0 Å². The molecule has 1 aliphatic rings. The summed E-state index contributed by atoms with van der Waals surface area (Å²) in [6.45, 7) is 5.75. The van der Waals surface area contributed by atoms with Crippen molar-refractivity contribution >= 4 is 16.6 Å². The van der Waals surface area contributed by atoms with Crippen LogP contribution in [0.15, 0.2) is 36.5 Å². The Morgan fingerprint density at radius 1 is 1.14 bits per heavy atom. The predicted octanol–water partition coefficient (Wildman–Crippen LogP) is 5.25. The van der Waals surface area contributed by atoms with Gasteiger partial charge in [-0.15, -0.1) is 0 Å². The first-order valence-corrected chi connectivity index (χ1v) is 8.26. The van der Waals surface area contributed by atoms with Crippen LogP contribution in [0.5, 0.6) is 0 Å². The van der Waals surface area contributed by atoms with Crippen LogP contribution in [0.25, 0.3) is 10.8 Å². The van der Waals surface area contributed by atoms with Gasteiger partial charge in [-0.2, -0.15) is 0 Å². The van der Waals surface area contributed by atoms with Gasteiger partial charge in [0.05, 0.1) is 0 Å². The topological polar surface area (TPSA) is 24.9 Å². The highest BCUT2D eigenvalue weighted by Gasteiger charge is 2.34. The molecule has 1 fully saturated rings. The molecule has 0 atom stereocenters. The van der Waals surface area contributed by atoms with Gasteiger partial charge in [0, 0.05) is 18.1 Å². The highest BCUT2D eigenvalue weighted by Crippen LogP contribution is 2.43. The van der Waals surface area contributed by atoms with E-state index in [0.29, 0.717) is 5.41 Å². The van der Waals surface area contributed by atoms with Crippen LogP contribution in [-0.4, -0.2) is 11.5 Å². The minimum absolute atomic E-state index is 0.479. The zero-order valence-electron chi connectivity index (χ0n) is 13.2. The second-order valence-electron chi connectivity index (χ2n) is 7.04. The molecule has 1 aliphatic carbocycles. The van der Waals surface area contributed by atoms with E-state index in [1.54, 1.807) is 0 Å². The van der Waals surface area contributed by atoms with Crippen LogP contribution in [0.4, 0.5) is 5.82 Å². The summed E-state index contributed by atoms with van der Waals surface area (Å²) in [7, 11) is 0. The smallest absolute Gasteiger partial charge is 0.133 e. The maximum absolute atomic E-state index is 4.57. The highest BCUT2D eigenvalue weighted by atomic mass is 15.0. The highest BCUT2D eigenvalue weighted by molar-refractivity contribution is 5.91. The Kier molecular flexibility index (Phi) is 4.14. The Hall–Kier alpha value is -1.57. The molecule has 1 N–H and O–H groups in total. The van der Waals surface area contributed by atoms with E-state index in [9.17, 15) is 0 Å². The first kappa shape index (κ1) is 14.4. The summed E-state index contributed by atoms with van der Waals surface area (Å²) in [4.78, 5) is 4.57. The number of aromatic nitrogens is 1. The summed E-state index contributed by atoms with van der Waals surface area (Å²) in [6.07, 6.45) is 8.74. The maximum atomic E-state index is 4.57. The Labute approximate surface area is 128 Å². The van der Waals surface area contributed by atoms with Crippen molar-refractivity contribution in [2.45, 2.75) is 46.0 Å². The molecule has 0 amide bonds. The van der Waals surface area contributed by atoms with Gasteiger partial charge < -0.3 is 5.32 Å². The average Bonchev–Trinajstić information content (AvgIpc) is 2.93. The lowest BCUT2D eigenvalue weighted by atomic mass is 9.78. The van der Waals surface area contributed by atoms with Crippen LogP contribution in [0.3, 0.4) is 0 Å². The molecular weight excluding hydrogens is 256 g/mol. The molecule has 0 saturated heterocycles. The van der Waals surface area contributed by atoms with Gasteiger partial charge in [-0.3, -0.25) is 0 Å². The number of anilines is 1. The third-order valence-electron chi connectivity index (χ3n) is 4.81. The zero-order chi connectivity index (χ0) is 14.7. The van der Waals surface area contributed by atoms with E-state index in [1.165, 1.54) is 42.9 Å². The van der Waals surface area contributed by atoms with Crippen LogP contribution in [-0.2, 0) is 0 Å². The molecule has 1 saturated carbocycles. The van der Waals surface area contributed by atoms with Crippen molar-refractivity contribution in [2.75, 3.05) is 11.9 Å². The molecule has 0 radical (unpaired) electrons. The number of hydrogen-bond donors (Lipinski definition) is 1. The SMILES string of the molecule is CC(C)CC1(CNc2nccc3ccccc23)CCCC1. The second kappa shape index (κ2) is 6.05. The van der Waals surface area contributed by atoms with Crippen molar-refractivity contribution < 1.29 is 0 Å². The van der Waals surface area contributed by atoms with Gasteiger partial charge in [-0.05, 0) is 42.0 Å². The molecule has 112 valence electrons. The molecule has 0 spiro atoms. The third kappa shape index (κ3) is 3.20. The Balaban J connectivity index is 1.79. The molecule has 0 aliphatic heterocycles. The van der Waals surface area contributed by atoms with Gasteiger partial charge in [0.1, 0.15) is 5.82 Å². The molecule has 2 nitrogen and oxygen atoms in total. The lowest BCUT2D eigenvalue weighted by Gasteiger charge is -2.31. The fourth-order valence-electron chi connectivity index (χ4n) is 3.98. The van der Waals surface area contributed by atoms with E-state index in [-0.39, 0.29) is 0 Å². The number of benzene rings is 1. The number of nitrogens with one attached hydrogen (secondary N) is 1. The van der Waals surface area contributed by atoms with Crippen molar-refractivity contribution in [1.82, 2.24) is 4.98 Å². The standard InChI is InChI=1S/C19H26N2/c1-15(2)13-19(10-5-6-11-19)14-21-18-17-8-4-3-7-16(17)9-12-20-18/h3-4,7-9,12,15H,5-6,10-11,13-14H2,1-2H3,(H,20,21). The lowest BCUT2D eigenvalue weighted by Crippen LogP contribution is -2.28. The number of nitrogens with zero attached hydrogens (tertiary/aromatic N) is 1. The molecule has 1 aromatic heterocycles. The molecule has 1 aromatic carbocycles. The first-order valence-electron chi connectivity index (χ1n) is 8.26. The Morgan fingerprint density at radius 2 is 1.90 bits per heavy atom. The quantitative estimate of drug-likeness (QED) is 0.809. The number of pyridine rings is 1. The van der Waals surface area contributed by atoms with Crippen LogP contribution >= 0.6 is 0 Å². The van der Waals surface area contributed by atoms with Crippen LogP contribution in [0, 0.1) is 11.3 Å². The van der Waals surface area contributed by atoms with E-state index in [1.807, 2.05) is 6.20 Å². The predicted molar refractivity (Wildman–Crippen MR) is 90.6 cm³/mol. The Bertz CT molecular complexity index is 592. The van der Waals surface area contributed by atoms with E-state index in [4.69, 9.17) is 0 Å². The van der Waals surface area contributed by atoms with Gasteiger partial charge in [-0.25, -0.2) is 4.98 Å². The Morgan fingerprint density at radius 3 is 2.67 bits per heavy atom. The van der Waals surface area contributed by atoms with Gasteiger partial charge in [0.2, 0.25) is 0 Å². The van der Waals surface area contributed by atoms with Crippen molar-refractivity contribution in [3.05, 3.63) is 36.5 Å². The molecule has 2 heteroatoms. The fraction of sp³-hybridized carbons (Fsp3) is 0.526. The summed E-state index contributed by atoms with van der Waals surface area (Å²) in [5, 5.41) is 6.16. The lowest BCUT2D eigenvalue weighted by molar-refractivity contribution is 0.252. The van der Waals surface area contributed by atoms with Crippen molar-refractivity contribution in [1.29, 1.82) is 0 Å². The van der Waals surface area contributed by atoms with Crippen molar-refractivity contribution in [2.24, 2.45) is 11.3 Å². The van der Waals surface area contributed by atoms with Crippen LogP contribution < -0.4 is 5.32 Å². The van der Waals surface area contributed by atoms with E-state index in [0.717, 1.165) is 18.3 Å². The fourth-order valence-corrected chi connectivity index (χ4v) is 3.98. The summed E-state index contributed by atoms with van der Waals surface area (Å²) < 4.78 is 0. The minimum Gasteiger partial charge on any atom is -0.369 e. The van der Waals surface area contributed by atoms with E-state index < -0.39 is 0 Å². The summed E-state index contributed by atoms with van der Waals surface area (Å²) in [6, 6.07) is 10.6. The summed E-state index contributed by atoms with van der Waals surface area (Å²) in [5.74, 6) is 1.81. The normalized spacial score (nSPS) is 17.5. The van der Waals surface area contributed by atoms with Gasteiger partial charge in [0.25, 0.3) is 0 Å². The van der Waals surface area contributed by atoms with Crippen LogP contribution in [0.1, 0.15) is 46.0 Å². The molecule has 3 rings (SSSR count). The average molecular weight is 282 g/mol. The maximum Gasteiger partial charge on any atom is 0.133 e. The van der Waals surface area contributed by atoms with E-state index in [2.05, 4.69) is 54.5 Å². The molecule has 0 unspecified atom stereocenters. The summed E-state index contributed by atoms with van der Waals surface area (Å²) in [5.41, 5.74) is 0.479. The number of fused-ring (bicyclic) bond motifs is 1. The number of rotatable bonds is 5. The second-order valence-corrected chi connectivity index (χ2v) is 7.04. The zero-order valence-corrected chi connectivity index (χ0v) is 13.2. The largest absolute Gasteiger partial charge is 0.369 e.